The molecule has 0 saturated carbocycles. The molecule has 0 N–H and O–H groups in total. The van der Waals surface area contributed by atoms with Crippen molar-refractivity contribution in [2.75, 3.05) is 6.61 Å². The minimum absolute atomic E-state index is 0.207. The van der Waals surface area contributed by atoms with Gasteiger partial charge in [-0.15, -0.1) is 0 Å². The van der Waals surface area contributed by atoms with E-state index in [9.17, 15) is 0 Å². The van der Waals surface area contributed by atoms with Crippen molar-refractivity contribution in [1.82, 2.24) is 0 Å². The minimum Gasteiger partial charge on any atom is -0.475 e. The lowest BCUT2D eigenvalue weighted by Gasteiger charge is -2.22. The Morgan fingerprint density at radius 2 is 1.54 bits per heavy atom. The van der Waals surface area contributed by atoms with Crippen LogP contribution in [0.5, 0.6) is 0 Å². The molecule has 3 aromatic rings. The monoisotopic (exact) mass is 407 g/mol. The summed E-state index contributed by atoms with van der Waals surface area (Å²) >= 11 is 6.45. The fraction of sp³-hybridized carbons (Fsp3) is 0.208. The maximum Gasteiger partial charge on any atom is 0.217 e. The van der Waals surface area contributed by atoms with E-state index in [2.05, 4.69) is 86.6 Å². The number of benzene rings is 3. The first-order chi connectivity index (χ1) is 13.6. The molecule has 0 unspecified atom stereocenters. The van der Waals surface area contributed by atoms with Crippen LogP contribution < -0.4 is 15.9 Å². The topological polar surface area (TPSA) is 21.6 Å². The highest BCUT2D eigenvalue weighted by Gasteiger charge is 2.27. The third-order valence-electron chi connectivity index (χ3n) is 4.90. The molecule has 0 fully saturated rings. The van der Waals surface area contributed by atoms with Crippen molar-refractivity contribution >= 4 is 41.3 Å². The Hall–Kier alpha value is -2.15. The summed E-state index contributed by atoms with van der Waals surface area (Å²) in [5, 5.41) is 4.48. The number of halogens is 1. The molecular formula is C24H23ClNOP. The zero-order valence-electron chi connectivity index (χ0n) is 16.0. The van der Waals surface area contributed by atoms with Crippen molar-refractivity contribution in [2.45, 2.75) is 19.9 Å². The summed E-state index contributed by atoms with van der Waals surface area (Å²) in [6, 6.07) is 27.5. The van der Waals surface area contributed by atoms with Gasteiger partial charge in [-0.3, -0.25) is 0 Å². The van der Waals surface area contributed by atoms with Crippen LogP contribution in [0.3, 0.4) is 0 Å². The van der Waals surface area contributed by atoms with Crippen molar-refractivity contribution in [3.8, 4) is 0 Å². The lowest BCUT2D eigenvalue weighted by molar-refractivity contribution is 0.292. The van der Waals surface area contributed by atoms with Crippen LogP contribution >= 0.6 is 19.5 Å². The van der Waals surface area contributed by atoms with Gasteiger partial charge in [-0.25, -0.2) is 4.99 Å². The van der Waals surface area contributed by atoms with Gasteiger partial charge >= 0.3 is 0 Å². The molecule has 0 aromatic heterocycles. The second-order valence-electron chi connectivity index (χ2n) is 7.22. The Labute approximate surface area is 173 Å². The summed E-state index contributed by atoms with van der Waals surface area (Å²) in [5.41, 5.74) is 1.05. The molecule has 0 bridgehead atoms. The van der Waals surface area contributed by atoms with Crippen molar-refractivity contribution in [2.24, 2.45) is 10.9 Å². The van der Waals surface area contributed by atoms with Gasteiger partial charge in [-0.2, -0.15) is 0 Å². The van der Waals surface area contributed by atoms with Crippen LogP contribution in [0.15, 0.2) is 83.9 Å². The molecule has 1 heterocycles. The van der Waals surface area contributed by atoms with Crippen molar-refractivity contribution in [1.29, 1.82) is 0 Å². The largest absolute Gasteiger partial charge is 0.475 e. The number of hydrogen-bond acceptors (Lipinski definition) is 2. The molecule has 0 saturated heterocycles. The van der Waals surface area contributed by atoms with E-state index < -0.39 is 7.92 Å². The third kappa shape index (κ3) is 3.99. The molecule has 0 radical (unpaired) electrons. The van der Waals surface area contributed by atoms with Crippen LogP contribution in [0.4, 0.5) is 0 Å². The zero-order valence-corrected chi connectivity index (χ0v) is 17.7. The molecule has 28 heavy (non-hydrogen) atoms. The van der Waals surface area contributed by atoms with E-state index in [4.69, 9.17) is 21.3 Å². The Morgan fingerprint density at radius 1 is 0.929 bits per heavy atom. The smallest absolute Gasteiger partial charge is 0.217 e. The molecule has 1 atom stereocenters. The fourth-order valence-corrected chi connectivity index (χ4v) is 6.05. The maximum atomic E-state index is 6.45. The van der Waals surface area contributed by atoms with Crippen LogP contribution in [0, 0.1) is 5.92 Å². The molecule has 0 amide bonds. The molecular weight excluding hydrogens is 385 g/mol. The number of aliphatic imine (C=N–C) groups is 1. The minimum atomic E-state index is -0.774. The highest BCUT2D eigenvalue weighted by molar-refractivity contribution is 7.80. The normalized spacial score (nSPS) is 16.3. The molecule has 1 aliphatic rings. The van der Waals surface area contributed by atoms with E-state index >= 15 is 0 Å². The van der Waals surface area contributed by atoms with Crippen LogP contribution in [-0.4, -0.2) is 18.5 Å². The van der Waals surface area contributed by atoms with Crippen LogP contribution in [0.25, 0.3) is 0 Å². The molecule has 142 valence electrons. The van der Waals surface area contributed by atoms with Crippen molar-refractivity contribution in [3.63, 3.8) is 0 Å². The molecule has 3 aromatic carbocycles. The molecule has 1 aliphatic heterocycles. The van der Waals surface area contributed by atoms with Gasteiger partial charge in [0.1, 0.15) is 6.61 Å². The van der Waals surface area contributed by atoms with Crippen LogP contribution in [0.1, 0.15) is 19.4 Å². The summed E-state index contributed by atoms with van der Waals surface area (Å²) < 4.78 is 6.03. The summed E-state index contributed by atoms with van der Waals surface area (Å²) in [6.45, 7) is 5.01. The van der Waals surface area contributed by atoms with E-state index in [1.807, 2.05) is 6.07 Å². The SMILES string of the molecule is CC(C)[C@H]1COC(c2ccc(Cl)cc2P(c2ccccc2)c2ccccc2)=N1. The highest BCUT2D eigenvalue weighted by Crippen LogP contribution is 2.36. The van der Waals surface area contributed by atoms with Gasteiger partial charge in [0.05, 0.1) is 6.04 Å². The predicted octanol–water partition coefficient (Wildman–Crippen LogP) is 4.90. The average Bonchev–Trinajstić information content (AvgIpc) is 3.20. The Balaban J connectivity index is 1.88. The first-order valence-corrected chi connectivity index (χ1v) is 11.3. The van der Waals surface area contributed by atoms with E-state index in [1.54, 1.807) is 0 Å². The number of nitrogens with zero attached hydrogens (tertiary/aromatic N) is 1. The number of hydrogen-bond donors (Lipinski definition) is 0. The van der Waals surface area contributed by atoms with Crippen molar-refractivity contribution < 1.29 is 4.74 Å². The van der Waals surface area contributed by atoms with Crippen LogP contribution in [-0.2, 0) is 4.74 Å². The number of ether oxygens (including phenoxy) is 1. The summed E-state index contributed by atoms with van der Waals surface area (Å²) in [5.74, 6) is 1.20. The van der Waals surface area contributed by atoms with Gasteiger partial charge in [-0.1, -0.05) is 86.1 Å². The quantitative estimate of drug-likeness (QED) is 0.551. The predicted molar refractivity (Wildman–Crippen MR) is 121 cm³/mol. The van der Waals surface area contributed by atoms with Gasteiger partial charge in [0, 0.05) is 10.6 Å². The number of rotatable bonds is 5. The molecule has 0 aliphatic carbocycles. The van der Waals surface area contributed by atoms with Crippen molar-refractivity contribution in [3.05, 3.63) is 89.4 Å². The average molecular weight is 408 g/mol. The first kappa shape index (κ1) is 19.2. The Kier molecular flexibility index (Phi) is 5.80. The van der Waals surface area contributed by atoms with Gasteiger partial charge < -0.3 is 4.74 Å². The molecule has 4 heteroatoms. The first-order valence-electron chi connectivity index (χ1n) is 9.54. The lowest BCUT2D eigenvalue weighted by atomic mass is 10.1. The van der Waals surface area contributed by atoms with E-state index in [-0.39, 0.29) is 6.04 Å². The Bertz CT molecular complexity index is 933. The van der Waals surface area contributed by atoms with Gasteiger partial charge in [-0.05, 0) is 48.0 Å². The van der Waals surface area contributed by atoms with E-state index in [0.717, 1.165) is 16.5 Å². The van der Waals surface area contributed by atoms with Gasteiger partial charge in [0.2, 0.25) is 5.90 Å². The van der Waals surface area contributed by atoms with Crippen LogP contribution in [0.2, 0.25) is 5.02 Å². The standard InChI is InChI=1S/C24H23ClNOP/c1-17(2)22-16-27-24(26-22)21-14-13-18(25)15-23(21)28(19-9-5-3-6-10-19)20-11-7-4-8-12-20/h3-15,17,22H,16H2,1-2H3/t22-/m1/s1. The second kappa shape index (κ2) is 8.47. The lowest BCUT2D eigenvalue weighted by Crippen LogP contribution is -2.25. The summed E-state index contributed by atoms with van der Waals surface area (Å²) in [4.78, 5) is 4.88. The van der Waals surface area contributed by atoms with Gasteiger partial charge in [0.25, 0.3) is 0 Å². The summed E-state index contributed by atoms with van der Waals surface area (Å²) in [6.07, 6.45) is 0. The Morgan fingerprint density at radius 3 is 2.07 bits per heavy atom. The highest BCUT2D eigenvalue weighted by atomic mass is 35.5. The third-order valence-corrected chi connectivity index (χ3v) is 7.62. The van der Waals surface area contributed by atoms with E-state index in [1.165, 1.54) is 15.9 Å². The zero-order chi connectivity index (χ0) is 19.5. The molecule has 2 nitrogen and oxygen atoms in total. The maximum absolute atomic E-state index is 6.45. The van der Waals surface area contributed by atoms with E-state index in [0.29, 0.717) is 12.5 Å². The second-order valence-corrected chi connectivity index (χ2v) is 9.85. The molecule has 0 spiro atoms. The summed E-state index contributed by atoms with van der Waals surface area (Å²) in [7, 11) is -0.774. The fourth-order valence-electron chi connectivity index (χ4n) is 3.33. The molecule has 4 rings (SSSR count). The van der Waals surface area contributed by atoms with Gasteiger partial charge in [0.15, 0.2) is 0 Å².